The molecule has 0 spiro atoms. The van der Waals surface area contributed by atoms with Gasteiger partial charge in [-0.15, -0.1) is 0 Å². The van der Waals surface area contributed by atoms with Gasteiger partial charge in [-0.05, 0) is 141 Å². The third-order valence-corrected chi connectivity index (χ3v) is 12.4. The highest BCUT2D eigenvalue weighted by molar-refractivity contribution is 5.92. The van der Waals surface area contributed by atoms with Gasteiger partial charge in [-0.3, -0.25) is 0 Å². The molecule has 10 rings (SSSR count). The summed E-state index contributed by atoms with van der Waals surface area (Å²) in [7, 11) is 0. The normalized spacial score (nSPS) is 15.5. The lowest BCUT2D eigenvalue weighted by molar-refractivity contribution is 0.654. The number of para-hydroxylation sites is 2. The topological polar surface area (TPSA) is 6.48 Å². The van der Waals surface area contributed by atoms with Gasteiger partial charge in [-0.25, -0.2) is 0 Å². The van der Waals surface area contributed by atoms with Crippen LogP contribution in [-0.2, 0) is 10.8 Å². The molecule has 3 aliphatic rings. The number of rotatable bonds is 7. The van der Waals surface area contributed by atoms with Crippen LogP contribution in [0.2, 0.25) is 0 Å². The van der Waals surface area contributed by atoms with E-state index in [9.17, 15) is 0 Å². The van der Waals surface area contributed by atoms with Gasteiger partial charge in [-0.2, -0.15) is 0 Å². The molecule has 0 unspecified atom stereocenters. The summed E-state index contributed by atoms with van der Waals surface area (Å²) < 4.78 is 0. The summed E-state index contributed by atoms with van der Waals surface area (Å²) in [5.41, 5.74) is 20.2. The number of hydrogen-bond acceptors (Lipinski definition) is 2. The molecule has 0 bridgehead atoms. The van der Waals surface area contributed by atoms with E-state index in [1.165, 1.54) is 61.3 Å². The summed E-state index contributed by atoms with van der Waals surface area (Å²) >= 11 is 0. The number of fused-ring (bicyclic) bond motifs is 6. The first kappa shape index (κ1) is 34.1. The van der Waals surface area contributed by atoms with Crippen LogP contribution in [0.4, 0.5) is 34.1 Å². The van der Waals surface area contributed by atoms with Crippen LogP contribution in [0.5, 0.6) is 0 Å². The van der Waals surface area contributed by atoms with E-state index in [4.69, 9.17) is 0 Å². The van der Waals surface area contributed by atoms with Gasteiger partial charge in [0.2, 0.25) is 0 Å². The van der Waals surface area contributed by atoms with E-state index in [1.807, 2.05) is 0 Å². The van der Waals surface area contributed by atoms with E-state index >= 15 is 0 Å². The Hall–Kier alpha value is -6.38. The van der Waals surface area contributed by atoms with Gasteiger partial charge in [0.15, 0.2) is 0 Å². The third kappa shape index (κ3) is 5.46. The largest absolute Gasteiger partial charge is 0.310 e. The molecule has 3 aliphatic carbocycles. The van der Waals surface area contributed by atoms with Gasteiger partial charge in [0, 0.05) is 45.0 Å². The van der Waals surface area contributed by atoms with Crippen LogP contribution in [-0.4, -0.2) is 0 Å². The van der Waals surface area contributed by atoms with E-state index in [0.29, 0.717) is 0 Å². The summed E-state index contributed by atoms with van der Waals surface area (Å²) in [5, 5.41) is 0. The molecule has 2 heteroatoms. The summed E-state index contributed by atoms with van der Waals surface area (Å²) in [6.07, 6.45) is 7.14. The van der Waals surface area contributed by atoms with E-state index in [0.717, 1.165) is 41.3 Å². The zero-order valence-electron chi connectivity index (χ0n) is 32.6. The fourth-order valence-electron chi connectivity index (χ4n) is 9.62. The van der Waals surface area contributed by atoms with Crippen molar-refractivity contribution in [2.45, 2.75) is 51.4 Å². The Bertz CT molecular complexity index is 2700. The van der Waals surface area contributed by atoms with Crippen LogP contribution >= 0.6 is 0 Å². The first-order valence-electron chi connectivity index (χ1n) is 20.0. The summed E-state index contributed by atoms with van der Waals surface area (Å²) in [4.78, 5) is 4.81. The van der Waals surface area contributed by atoms with Crippen LogP contribution in [0, 0.1) is 0 Å². The van der Waals surface area contributed by atoms with Crippen molar-refractivity contribution in [3.8, 4) is 22.3 Å². The molecule has 0 saturated carbocycles. The lowest BCUT2D eigenvalue weighted by Crippen LogP contribution is -2.17. The average Bonchev–Trinajstić information content (AvgIpc) is 3.61. The fraction of sp³-hybridized carbons (Fsp3) is 0.148. The van der Waals surface area contributed by atoms with Crippen LogP contribution in [0.3, 0.4) is 0 Å². The maximum atomic E-state index is 2.46. The zero-order valence-corrected chi connectivity index (χ0v) is 32.6. The van der Waals surface area contributed by atoms with E-state index in [1.54, 1.807) is 0 Å². The van der Waals surface area contributed by atoms with Crippen molar-refractivity contribution < 1.29 is 0 Å². The minimum Gasteiger partial charge on any atom is -0.310 e. The highest BCUT2D eigenvalue weighted by Gasteiger charge is 2.39. The Morgan fingerprint density at radius 1 is 0.357 bits per heavy atom. The van der Waals surface area contributed by atoms with Crippen molar-refractivity contribution in [2.75, 3.05) is 9.80 Å². The second-order valence-electron chi connectivity index (χ2n) is 16.5. The Labute approximate surface area is 331 Å². The number of nitrogens with zero attached hydrogens (tertiary/aromatic N) is 2. The minimum absolute atomic E-state index is 0.0363. The first-order chi connectivity index (χ1) is 27.3. The van der Waals surface area contributed by atoms with Crippen molar-refractivity contribution >= 4 is 39.7 Å². The standard InChI is InChI=1S/C54H46N2/c1-53(2)49-27-13-11-25-45(49)47-31-29-43(35-51(47)53)55(39-19-7-5-8-20-39)41-23-15-17-37(33-41)38-18-16-24-42(34-38)56(40-21-9-6-10-22-40)44-30-32-48-46-26-12-14-28-50(46)54(3,4)52(48)36-44/h5-11,13,15-36H,12,14H2,1-4H3. The predicted molar refractivity (Wildman–Crippen MR) is 237 cm³/mol. The number of anilines is 6. The van der Waals surface area contributed by atoms with E-state index in [2.05, 4.69) is 220 Å². The lowest BCUT2D eigenvalue weighted by atomic mass is 9.80. The van der Waals surface area contributed by atoms with Crippen molar-refractivity contribution in [3.05, 3.63) is 210 Å². The molecule has 0 fully saturated rings. The molecular weight excluding hydrogens is 677 g/mol. The molecular formula is C54H46N2. The highest BCUT2D eigenvalue weighted by Crippen LogP contribution is 2.54. The number of hydrogen-bond donors (Lipinski definition) is 0. The second-order valence-corrected chi connectivity index (χ2v) is 16.5. The van der Waals surface area contributed by atoms with Gasteiger partial charge >= 0.3 is 0 Å². The molecule has 0 heterocycles. The van der Waals surface area contributed by atoms with Crippen molar-refractivity contribution in [2.24, 2.45) is 0 Å². The Morgan fingerprint density at radius 3 is 1.43 bits per heavy atom. The van der Waals surface area contributed by atoms with Crippen LogP contribution < -0.4 is 9.80 Å². The Kier molecular flexibility index (Phi) is 8.01. The predicted octanol–water partition coefficient (Wildman–Crippen LogP) is 15.0. The summed E-state index contributed by atoms with van der Waals surface area (Å²) in [6, 6.07) is 62.6. The molecule has 0 amide bonds. The molecule has 0 aliphatic heterocycles. The molecule has 0 saturated heterocycles. The van der Waals surface area contributed by atoms with Crippen LogP contribution in [0.1, 0.15) is 62.8 Å². The average molecular weight is 723 g/mol. The van der Waals surface area contributed by atoms with Gasteiger partial charge in [0.05, 0.1) is 0 Å². The quantitative estimate of drug-likeness (QED) is 0.162. The van der Waals surface area contributed by atoms with Crippen molar-refractivity contribution in [1.29, 1.82) is 0 Å². The third-order valence-electron chi connectivity index (χ3n) is 12.4. The molecule has 272 valence electrons. The number of benzene rings is 7. The molecule has 2 nitrogen and oxygen atoms in total. The Morgan fingerprint density at radius 2 is 0.821 bits per heavy atom. The molecule has 7 aromatic rings. The smallest absolute Gasteiger partial charge is 0.0467 e. The van der Waals surface area contributed by atoms with Gasteiger partial charge in [0.25, 0.3) is 0 Å². The SMILES string of the molecule is CC1(C)C2=CCCC=C2c2ccc(N(c3ccccc3)c3cccc(-c4cccc(N(c5ccccc5)c5ccc6c(c5)C(C)(C)c5ccccc5-6)c4)c3)cc21. The van der Waals surface area contributed by atoms with Crippen molar-refractivity contribution in [1.82, 2.24) is 0 Å². The second kappa shape index (κ2) is 13.1. The molecule has 0 N–H and O–H groups in total. The van der Waals surface area contributed by atoms with Crippen LogP contribution in [0.25, 0.3) is 27.8 Å². The first-order valence-corrected chi connectivity index (χ1v) is 20.0. The molecule has 0 radical (unpaired) electrons. The zero-order chi connectivity index (χ0) is 38.0. The van der Waals surface area contributed by atoms with E-state index < -0.39 is 0 Å². The van der Waals surface area contributed by atoms with Gasteiger partial charge in [-0.1, -0.05) is 137 Å². The van der Waals surface area contributed by atoms with Gasteiger partial charge < -0.3 is 9.80 Å². The molecule has 56 heavy (non-hydrogen) atoms. The number of allylic oxidation sites excluding steroid dienone is 4. The van der Waals surface area contributed by atoms with Crippen LogP contribution in [0.15, 0.2) is 188 Å². The summed E-state index contributed by atoms with van der Waals surface area (Å²) in [6.45, 7) is 9.47. The van der Waals surface area contributed by atoms with Gasteiger partial charge in [0.1, 0.15) is 0 Å². The highest BCUT2D eigenvalue weighted by atomic mass is 15.1. The Balaban J connectivity index is 1.06. The fourth-order valence-corrected chi connectivity index (χ4v) is 9.62. The summed E-state index contributed by atoms with van der Waals surface area (Å²) in [5.74, 6) is 0. The minimum atomic E-state index is -0.0848. The van der Waals surface area contributed by atoms with Crippen molar-refractivity contribution in [3.63, 3.8) is 0 Å². The van der Waals surface area contributed by atoms with E-state index in [-0.39, 0.29) is 10.8 Å². The maximum absolute atomic E-state index is 2.46. The molecule has 0 atom stereocenters. The molecule has 0 aromatic heterocycles. The molecule has 7 aromatic carbocycles. The maximum Gasteiger partial charge on any atom is 0.0467 e. The monoisotopic (exact) mass is 722 g/mol. The lowest BCUT2D eigenvalue weighted by Gasteiger charge is -2.29.